The topological polar surface area (TPSA) is 149 Å². The van der Waals surface area contributed by atoms with Gasteiger partial charge in [-0.1, -0.05) is 38.1 Å². The largest absolute Gasteiger partial charge is 0.485 e. The molecule has 2 N–H and O–H groups in total. The average molecular weight is 602 g/mol. The highest BCUT2D eigenvalue weighted by atomic mass is 16.6. The molecule has 230 valence electrons. The molecule has 3 aromatic carbocycles. The van der Waals surface area contributed by atoms with Gasteiger partial charge in [0.05, 0.1) is 23.7 Å². The first-order chi connectivity index (χ1) is 21.3. The molecule has 0 bridgehead atoms. The van der Waals surface area contributed by atoms with Gasteiger partial charge in [0, 0.05) is 54.7 Å². The molecular weight excluding hydrogens is 566 g/mol. The molecular formula is C32H35N5O7. The number of carbonyl (C=O) groups excluding carboxylic acids is 2. The predicted octanol–water partition coefficient (Wildman–Crippen LogP) is 5.44. The average Bonchev–Trinajstić information content (AvgIpc) is 3.36. The number of Topliss-reactive ketones (excluding diaryl/α,β-unsaturated/α-hetero) is 1. The van der Waals surface area contributed by atoms with Crippen molar-refractivity contribution >= 4 is 40.2 Å². The molecule has 1 saturated heterocycles. The van der Waals surface area contributed by atoms with Crippen LogP contribution in [0.3, 0.4) is 0 Å². The van der Waals surface area contributed by atoms with E-state index in [-0.39, 0.29) is 41.1 Å². The molecule has 0 spiro atoms. The van der Waals surface area contributed by atoms with E-state index in [0.717, 1.165) is 23.4 Å². The van der Waals surface area contributed by atoms with Gasteiger partial charge < -0.3 is 20.0 Å². The second-order valence-electron chi connectivity index (χ2n) is 9.69. The maximum atomic E-state index is 12.4. The number of hydrogen-bond acceptors (Lipinski definition) is 9. The summed E-state index contributed by atoms with van der Waals surface area (Å²) in [6.07, 6.45) is 3.03. The molecule has 0 radical (unpaired) electrons. The molecule has 0 aliphatic carbocycles. The zero-order valence-corrected chi connectivity index (χ0v) is 24.9. The van der Waals surface area contributed by atoms with Crippen LogP contribution in [0.25, 0.3) is 28.5 Å². The Balaban J connectivity index is 0.00000216. The molecule has 2 heterocycles. The number of morpholine rings is 1. The molecule has 1 aliphatic heterocycles. The number of ether oxygens (including phenoxy) is 2. The number of nitro benzene ring substituents is 1. The van der Waals surface area contributed by atoms with E-state index in [1.807, 2.05) is 13.8 Å². The Morgan fingerprint density at radius 2 is 1.77 bits per heavy atom. The van der Waals surface area contributed by atoms with Crippen molar-refractivity contribution in [1.29, 1.82) is 0 Å². The van der Waals surface area contributed by atoms with Crippen molar-refractivity contribution < 1.29 is 29.2 Å². The lowest BCUT2D eigenvalue weighted by atomic mass is 10.1. The normalized spacial score (nSPS) is 13.3. The van der Waals surface area contributed by atoms with Gasteiger partial charge in [0.1, 0.15) is 12.1 Å². The smallest absolute Gasteiger partial charge is 0.313 e. The summed E-state index contributed by atoms with van der Waals surface area (Å²) < 4.78 is 11.9. The Bertz CT molecular complexity index is 1640. The van der Waals surface area contributed by atoms with E-state index in [1.165, 1.54) is 25.1 Å². The van der Waals surface area contributed by atoms with Crippen LogP contribution in [-0.2, 0) is 9.53 Å². The van der Waals surface area contributed by atoms with Gasteiger partial charge in [0.2, 0.25) is 5.91 Å². The first-order valence-electron chi connectivity index (χ1n) is 14.3. The molecule has 1 amide bonds. The quantitative estimate of drug-likeness (QED) is 0.0796. The number of carbonyl (C=O) groups is 2. The number of nitrogens with zero attached hydrogens (tertiary/aromatic N) is 4. The Kier molecular flexibility index (Phi) is 10.8. The summed E-state index contributed by atoms with van der Waals surface area (Å²) in [7, 11) is 0. The second-order valence-corrected chi connectivity index (χ2v) is 9.69. The van der Waals surface area contributed by atoms with Crippen molar-refractivity contribution in [2.24, 2.45) is 0 Å². The summed E-state index contributed by atoms with van der Waals surface area (Å²) in [6, 6.07) is 16.3. The van der Waals surface area contributed by atoms with E-state index in [4.69, 9.17) is 9.47 Å². The first-order valence-corrected chi connectivity index (χ1v) is 14.3. The number of imidazole rings is 1. The van der Waals surface area contributed by atoms with E-state index in [2.05, 4.69) is 15.2 Å². The lowest BCUT2D eigenvalue weighted by molar-refractivity contribution is -0.385. The lowest BCUT2D eigenvalue weighted by Gasteiger charge is -2.26. The first kappa shape index (κ1) is 31.9. The molecule has 1 aromatic heterocycles. The van der Waals surface area contributed by atoms with Crippen LogP contribution in [0.1, 0.15) is 36.7 Å². The summed E-state index contributed by atoms with van der Waals surface area (Å²) >= 11 is 0. The fourth-order valence-electron chi connectivity index (χ4n) is 4.52. The number of fused-ring (bicyclic) bond motifs is 1. The number of amides is 1. The van der Waals surface area contributed by atoms with Gasteiger partial charge in [-0.25, -0.2) is 4.98 Å². The molecule has 1 fully saturated rings. The molecule has 0 saturated carbocycles. The minimum absolute atomic E-state index is 0.0290. The van der Waals surface area contributed by atoms with Crippen molar-refractivity contribution in [3.63, 3.8) is 0 Å². The molecule has 12 nitrogen and oxygen atoms in total. The van der Waals surface area contributed by atoms with Crippen LogP contribution in [0.4, 0.5) is 11.4 Å². The lowest BCUT2D eigenvalue weighted by Crippen LogP contribution is -2.38. The third-order valence-electron chi connectivity index (χ3n) is 6.83. The molecule has 44 heavy (non-hydrogen) atoms. The SMILES string of the molecule is CC.CC(=O)c1ccc(/C=C/C(=O)Nc2ccc(-c3nc4cc(OCCN5CCOCC5)c([N+](=O)[O-])cc4n3O)cc2)cc1. The van der Waals surface area contributed by atoms with E-state index in [1.54, 1.807) is 54.6 Å². The van der Waals surface area contributed by atoms with Crippen molar-refractivity contribution in [3.8, 4) is 17.1 Å². The number of rotatable bonds is 10. The number of anilines is 1. The van der Waals surface area contributed by atoms with Gasteiger partial charge in [0.25, 0.3) is 0 Å². The van der Waals surface area contributed by atoms with Crippen molar-refractivity contribution in [2.45, 2.75) is 20.8 Å². The van der Waals surface area contributed by atoms with Crippen LogP contribution in [-0.4, -0.2) is 75.9 Å². The number of benzene rings is 3. The van der Waals surface area contributed by atoms with E-state index in [9.17, 15) is 24.9 Å². The third kappa shape index (κ3) is 7.85. The van der Waals surface area contributed by atoms with Gasteiger partial charge in [-0.2, -0.15) is 4.73 Å². The Morgan fingerprint density at radius 1 is 1.09 bits per heavy atom. The molecule has 0 unspecified atom stereocenters. The predicted molar refractivity (Wildman–Crippen MR) is 167 cm³/mol. The van der Waals surface area contributed by atoms with Gasteiger partial charge in [-0.05, 0) is 42.8 Å². The molecule has 12 heteroatoms. The molecule has 4 aromatic rings. The third-order valence-corrected chi connectivity index (χ3v) is 6.83. The van der Waals surface area contributed by atoms with Crippen LogP contribution >= 0.6 is 0 Å². The van der Waals surface area contributed by atoms with Crippen LogP contribution < -0.4 is 10.1 Å². The van der Waals surface area contributed by atoms with E-state index < -0.39 is 4.92 Å². The Morgan fingerprint density at radius 3 is 2.41 bits per heavy atom. The van der Waals surface area contributed by atoms with Crippen molar-refractivity contribution in [2.75, 3.05) is 44.8 Å². The van der Waals surface area contributed by atoms with E-state index in [0.29, 0.717) is 42.1 Å². The van der Waals surface area contributed by atoms with Crippen LogP contribution in [0.2, 0.25) is 0 Å². The Hall–Kier alpha value is -5.07. The number of hydrogen-bond donors (Lipinski definition) is 2. The van der Waals surface area contributed by atoms with Gasteiger partial charge >= 0.3 is 5.69 Å². The zero-order valence-electron chi connectivity index (χ0n) is 24.9. The van der Waals surface area contributed by atoms with Crippen LogP contribution in [0, 0.1) is 10.1 Å². The van der Waals surface area contributed by atoms with Crippen LogP contribution in [0.5, 0.6) is 5.75 Å². The molecule has 5 rings (SSSR count). The number of nitrogens with one attached hydrogen (secondary N) is 1. The standard InChI is InChI=1S/C30H29N5O7.C2H6/c1-20(36)22-5-2-21(3-6-22)4-11-29(37)31-24-9-7-23(8-10-24)30-32-25-18-28(27(35(39)40)19-26(25)34(30)38)42-17-14-33-12-15-41-16-13-33;1-2/h2-11,18-19,38H,12-17H2,1H3,(H,31,37);1-2H3/b11-4+;. The summed E-state index contributed by atoms with van der Waals surface area (Å²) in [5, 5.41) is 25.3. The number of aromatic nitrogens is 2. The van der Waals surface area contributed by atoms with Gasteiger partial charge in [-0.15, -0.1) is 0 Å². The maximum absolute atomic E-state index is 12.4. The van der Waals surface area contributed by atoms with Gasteiger partial charge in [0.15, 0.2) is 17.4 Å². The number of nitro groups is 1. The summed E-state index contributed by atoms with van der Waals surface area (Å²) in [5.41, 5.74) is 2.65. The Labute approximate surface area is 254 Å². The fraction of sp³-hybridized carbons (Fsp3) is 0.281. The highest BCUT2D eigenvalue weighted by Gasteiger charge is 2.22. The summed E-state index contributed by atoms with van der Waals surface area (Å²) in [6.45, 7) is 9.20. The monoisotopic (exact) mass is 601 g/mol. The molecule has 0 atom stereocenters. The van der Waals surface area contributed by atoms with Crippen molar-refractivity contribution in [3.05, 3.63) is 88.0 Å². The van der Waals surface area contributed by atoms with E-state index >= 15 is 0 Å². The van der Waals surface area contributed by atoms with Crippen molar-refractivity contribution in [1.82, 2.24) is 14.6 Å². The molecule has 1 aliphatic rings. The van der Waals surface area contributed by atoms with Crippen LogP contribution in [0.15, 0.2) is 66.7 Å². The number of ketones is 1. The summed E-state index contributed by atoms with van der Waals surface area (Å²) in [4.78, 5) is 41.6. The second kappa shape index (κ2) is 14.9. The fourth-order valence-corrected chi connectivity index (χ4v) is 4.52. The minimum atomic E-state index is -0.552. The minimum Gasteiger partial charge on any atom is -0.485 e. The summed E-state index contributed by atoms with van der Waals surface area (Å²) in [5.74, 6) is -0.122. The van der Waals surface area contributed by atoms with Gasteiger partial charge in [-0.3, -0.25) is 24.6 Å². The highest BCUT2D eigenvalue weighted by molar-refractivity contribution is 6.02. The zero-order chi connectivity index (χ0) is 31.6. The highest BCUT2D eigenvalue weighted by Crippen LogP contribution is 2.34. The maximum Gasteiger partial charge on any atom is 0.313 e.